The molecule has 6 nitrogen and oxygen atoms in total. The summed E-state index contributed by atoms with van der Waals surface area (Å²) in [5, 5.41) is 13.7. The van der Waals surface area contributed by atoms with Gasteiger partial charge in [0, 0.05) is 44.4 Å². The van der Waals surface area contributed by atoms with E-state index in [-0.39, 0.29) is 29.3 Å². The number of phenols is 1. The molecule has 0 fully saturated rings. The van der Waals surface area contributed by atoms with Crippen LogP contribution in [0.5, 0.6) is 11.5 Å². The summed E-state index contributed by atoms with van der Waals surface area (Å²) in [4.78, 5) is 15.5. The molecule has 2 aromatic heterocycles. The molecule has 0 saturated heterocycles. The fourth-order valence-electron chi connectivity index (χ4n) is 2.47. The first-order valence-corrected chi connectivity index (χ1v) is 7.51. The van der Waals surface area contributed by atoms with Gasteiger partial charge in [-0.15, -0.1) is 0 Å². The highest BCUT2D eigenvalue weighted by Gasteiger charge is 2.16. The molecule has 0 unspecified atom stereocenters. The Balaban J connectivity index is 2.02. The number of nitrogens with zero attached hydrogens (tertiary/aromatic N) is 3. The lowest BCUT2D eigenvalue weighted by Crippen LogP contribution is -2.08. The van der Waals surface area contributed by atoms with Crippen molar-refractivity contribution in [1.29, 1.82) is 0 Å². The first kappa shape index (κ1) is 11.4. The summed E-state index contributed by atoms with van der Waals surface area (Å²) in [6, 6.07) is 4.35. The number of benzene rings is 1. The van der Waals surface area contributed by atoms with E-state index in [1.165, 1.54) is 18.5 Å². The number of halogens is 1. The number of aromatic nitrogens is 3. The third-order valence-corrected chi connectivity index (χ3v) is 3.63. The van der Waals surface area contributed by atoms with Crippen LogP contribution in [0.15, 0.2) is 42.7 Å². The summed E-state index contributed by atoms with van der Waals surface area (Å²) < 4.78 is 66.2. The minimum atomic E-state index is -2.88. The van der Waals surface area contributed by atoms with Crippen LogP contribution in [0, 0.1) is 5.82 Å². The van der Waals surface area contributed by atoms with Gasteiger partial charge in [-0.05, 0) is 25.8 Å². The summed E-state index contributed by atoms with van der Waals surface area (Å²) in [5.41, 5.74) is 0.451. The number of phenolic OH excluding ortho intramolecular Hbond substituents is 1. The minimum Gasteiger partial charge on any atom is -0.507 e. The molecule has 0 aliphatic rings. The smallest absolute Gasteiger partial charge is 0.157 e. The van der Waals surface area contributed by atoms with Crippen LogP contribution in [0.25, 0.3) is 11.4 Å². The van der Waals surface area contributed by atoms with Gasteiger partial charge in [0.15, 0.2) is 6.29 Å². The summed E-state index contributed by atoms with van der Waals surface area (Å²) in [6.45, 7) is -6.00. The van der Waals surface area contributed by atoms with Gasteiger partial charge >= 0.3 is 0 Å². The lowest BCUT2D eigenvalue weighted by molar-refractivity contribution is 0.111. The second-order valence-electron chi connectivity index (χ2n) is 5.32. The van der Waals surface area contributed by atoms with Crippen molar-refractivity contribution in [2.75, 3.05) is 0 Å². The van der Waals surface area contributed by atoms with Gasteiger partial charge in [0.05, 0.1) is 17.0 Å². The normalized spacial score (nSPS) is 15.3. The zero-order valence-electron chi connectivity index (χ0n) is 19.4. The average Bonchev–Trinajstić information content (AvgIpc) is 3.12. The molecule has 1 N–H and O–H groups in total. The van der Waals surface area contributed by atoms with Gasteiger partial charge < -0.3 is 9.84 Å². The number of hydrogen-bond acceptors (Lipinski definition) is 5. The fourth-order valence-corrected chi connectivity index (χ4v) is 2.47. The maximum absolute atomic E-state index is 13.7. The maximum atomic E-state index is 13.7. The quantitative estimate of drug-likeness (QED) is 0.677. The number of aromatic hydroxyl groups is 1. The van der Waals surface area contributed by atoms with E-state index in [4.69, 9.17) is 13.0 Å². The van der Waals surface area contributed by atoms with Gasteiger partial charge in [-0.1, -0.05) is 6.07 Å². The van der Waals surface area contributed by atoms with E-state index < -0.39 is 31.3 Å². The van der Waals surface area contributed by atoms with Crippen molar-refractivity contribution in [3.8, 4) is 22.9 Å². The molecular weight excluding hydrogens is 337 g/mol. The molecule has 3 aromatic rings. The molecule has 134 valence electrons. The number of hydrogen-bond donors (Lipinski definition) is 1. The van der Waals surface area contributed by atoms with Crippen molar-refractivity contribution < 1.29 is 27.3 Å². The summed E-state index contributed by atoms with van der Waals surface area (Å²) >= 11 is 0. The standard InChI is InChI=1S/C19H18FN3O3/c1-12(2)23-16(5-7-22-23)19-13(4-3-6-21-19)11-26-18-9-14(20)8-17(25)15(18)10-24/h3-10,12,25H,11H2,1-2H3/i1D3,2D3. The van der Waals surface area contributed by atoms with Crippen molar-refractivity contribution in [2.45, 2.75) is 26.4 Å². The van der Waals surface area contributed by atoms with Crippen LogP contribution in [0.2, 0.25) is 0 Å². The third kappa shape index (κ3) is 3.42. The Bertz CT molecular complexity index is 1120. The van der Waals surface area contributed by atoms with Crippen molar-refractivity contribution >= 4 is 6.29 Å². The van der Waals surface area contributed by atoms with Gasteiger partial charge in [-0.25, -0.2) is 4.39 Å². The molecule has 3 rings (SSSR count). The second-order valence-corrected chi connectivity index (χ2v) is 5.32. The Labute approximate surface area is 158 Å². The third-order valence-electron chi connectivity index (χ3n) is 3.63. The zero-order chi connectivity index (χ0) is 23.7. The molecule has 2 heterocycles. The molecule has 0 bridgehead atoms. The van der Waals surface area contributed by atoms with Gasteiger partial charge in [-0.2, -0.15) is 5.10 Å². The van der Waals surface area contributed by atoms with E-state index >= 15 is 0 Å². The van der Waals surface area contributed by atoms with Gasteiger partial charge in [-0.3, -0.25) is 14.5 Å². The molecule has 0 spiro atoms. The fraction of sp³-hybridized carbons (Fsp3) is 0.211. The molecule has 26 heavy (non-hydrogen) atoms. The number of pyridine rings is 1. The van der Waals surface area contributed by atoms with E-state index in [0.29, 0.717) is 11.8 Å². The van der Waals surface area contributed by atoms with Gasteiger partial charge in [0.1, 0.15) is 23.9 Å². The monoisotopic (exact) mass is 361 g/mol. The van der Waals surface area contributed by atoms with Crippen molar-refractivity contribution in [3.63, 3.8) is 0 Å². The first-order valence-electron chi connectivity index (χ1n) is 10.5. The number of carbonyl (C=O) groups excluding carboxylic acids is 1. The molecule has 0 atom stereocenters. The number of carbonyl (C=O) groups is 1. The largest absolute Gasteiger partial charge is 0.507 e. The Morgan fingerprint density at radius 3 is 3.00 bits per heavy atom. The highest BCUT2D eigenvalue weighted by molar-refractivity contribution is 5.83. The highest BCUT2D eigenvalue weighted by atomic mass is 19.1. The van der Waals surface area contributed by atoms with Crippen LogP contribution in [0.3, 0.4) is 0 Å². The molecule has 0 amide bonds. The van der Waals surface area contributed by atoms with Crippen molar-refractivity contribution in [1.82, 2.24) is 14.8 Å². The SMILES string of the molecule is [2H]C([2H])([2H])C(n1nccc1-c1ncccc1COc1cc(F)cc(O)c1C=O)C([2H])([2H])[2H]. The van der Waals surface area contributed by atoms with E-state index in [1.807, 2.05) is 0 Å². The number of rotatable bonds is 6. The maximum Gasteiger partial charge on any atom is 0.157 e. The van der Waals surface area contributed by atoms with E-state index in [1.54, 1.807) is 12.1 Å². The van der Waals surface area contributed by atoms with Crippen LogP contribution in [-0.4, -0.2) is 26.2 Å². The van der Waals surface area contributed by atoms with Gasteiger partial charge in [0.2, 0.25) is 0 Å². The van der Waals surface area contributed by atoms with Crippen LogP contribution < -0.4 is 4.74 Å². The lowest BCUT2D eigenvalue weighted by Gasteiger charge is -2.15. The molecule has 7 heteroatoms. The van der Waals surface area contributed by atoms with E-state index in [2.05, 4.69) is 10.1 Å². The van der Waals surface area contributed by atoms with Crippen LogP contribution in [-0.2, 0) is 6.61 Å². The van der Waals surface area contributed by atoms with Crippen LogP contribution >= 0.6 is 0 Å². The predicted molar refractivity (Wildman–Crippen MR) is 93.6 cm³/mol. The summed E-state index contributed by atoms with van der Waals surface area (Å²) in [6.07, 6.45) is 3.00. The summed E-state index contributed by atoms with van der Waals surface area (Å²) in [7, 11) is 0. The zero-order valence-corrected chi connectivity index (χ0v) is 13.4. The predicted octanol–water partition coefficient (Wildman–Crippen LogP) is 3.76. The molecule has 1 aromatic carbocycles. The Hall–Kier alpha value is -3.22. The highest BCUT2D eigenvalue weighted by Crippen LogP contribution is 2.29. The Kier molecular flexibility index (Phi) is 3.22. The summed E-state index contributed by atoms with van der Waals surface area (Å²) in [5.74, 6) is -1.60. The topological polar surface area (TPSA) is 77.2 Å². The Morgan fingerprint density at radius 1 is 1.38 bits per heavy atom. The average molecular weight is 361 g/mol. The first-order chi connectivity index (χ1) is 14.9. The minimum absolute atomic E-state index is 0.124. The van der Waals surface area contributed by atoms with Crippen molar-refractivity contribution in [3.05, 3.63) is 59.7 Å². The molecule has 0 aliphatic heterocycles. The molecule has 0 aliphatic carbocycles. The van der Waals surface area contributed by atoms with E-state index in [9.17, 15) is 14.3 Å². The second kappa shape index (κ2) is 7.35. The lowest BCUT2D eigenvalue weighted by atomic mass is 10.1. The molecule has 0 saturated carbocycles. The van der Waals surface area contributed by atoms with Crippen molar-refractivity contribution in [2.24, 2.45) is 0 Å². The van der Waals surface area contributed by atoms with Crippen LogP contribution in [0.4, 0.5) is 4.39 Å². The molecule has 0 radical (unpaired) electrons. The number of ether oxygens (including phenoxy) is 1. The van der Waals surface area contributed by atoms with Crippen LogP contribution in [0.1, 0.15) is 43.9 Å². The Morgan fingerprint density at radius 2 is 2.23 bits per heavy atom. The molecular formula is C19H18FN3O3. The van der Waals surface area contributed by atoms with E-state index in [0.717, 1.165) is 16.8 Å². The van der Waals surface area contributed by atoms with Gasteiger partial charge in [0.25, 0.3) is 0 Å². The number of aldehydes is 1.